The largest absolute Gasteiger partial charge is 0.405 e. The number of alkyl halides is 1. The van der Waals surface area contributed by atoms with Gasteiger partial charge in [0.05, 0.1) is 0 Å². The van der Waals surface area contributed by atoms with E-state index in [0.29, 0.717) is 12.5 Å². The lowest BCUT2D eigenvalue weighted by atomic mass is 10.2. The van der Waals surface area contributed by atoms with Gasteiger partial charge in [0.1, 0.15) is 12.0 Å². The van der Waals surface area contributed by atoms with E-state index in [-0.39, 0.29) is 23.9 Å². The molecule has 82 valence electrons. The lowest BCUT2D eigenvalue weighted by Crippen LogP contribution is -2.12. The fourth-order valence-corrected chi connectivity index (χ4v) is 1.41. The van der Waals surface area contributed by atoms with E-state index in [4.69, 9.17) is 20.8 Å². The molecule has 15 heavy (non-hydrogen) atoms. The first-order valence-electron chi connectivity index (χ1n) is 4.60. The van der Waals surface area contributed by atoms with Crippen LogP contribution in [0.15, 0.2) is 4.42 Å². The molecule has 0 saturated carbocycles. The maximum atomic E-state index is 10.9. The van der Waals surface area contributed by atoms with Gasteiger partial charge in [-0.3, -0.25) is 10.1 Å². The van der Waals surface area contributed by atoms with Crippen molar-refractivity contribution >= 4 is 23.5 Å². The molecule has 0 aromatic carbocycles. The maximum Gasteiger partial charge on any atom is 0.322 e. The van der Waals surface area contributed by atoms with E-state index in [0.717, 1.165) is 12.8 Å². The molecule has 2 rings (SSSR count). The predicted octanol–water partition coefficient (Wildman–Crippen LogP) is 1.10. The molecule has 0 spiro atoms. The van der Waals surface area contributed by atoms with Crippen LogP contribution in [0.5, 0.6) is 0 Å². The van der Waals surface area contributed by atoms with Gasteiger partial charge in [0, 0.05) is 6.61 Å². The van der Waals surface area contributed by atoms with Crippen LogP contribution in [0.1, 0.15) is 24.8 Å². The number of amides is 1. The zero-order chi connectivity index (χ0) is 10.7. The molecule has 1 aromatic rings. The first-order valence-corrected chi connectivity index (χ1v) is 5.14. The summed E-state index contributed by atoms with van der Waals surface area (Å²) in [7, 11) is 0. The van der Waals surface area contributed by atoms with Crippen molar-refractivity contribution < 1.29 is 13.9 Å². The molecule has 1 amide bonds. The van der Waals surface area contributed by atoms with Gasteiger partial charge in [0.25, 0.3) is 0 Å². The van der Waals surface area contributed by atoms with E-state index in [2.05, 4.69) is 15.5 Å². The van der Waals surface area contributed by atoms with Gasteiger partial charge in [-0.2, -0.15) is 0 Å². The molecule has 6 nitrogen and oxygen atoms in total. The van der Waals surface area contributed by atoms with Crippen LogP contribution >= 0.6 is 11.6 Å². The summed E-state index contributed by atoms with van der Waals surface area (Å²) in [4.78, 5) is 10.9. The van der Waals surface area contributed by atoms with E-state index in [1.807, 2.05) is 0 Å². The van der Waals surface area contributed by atoms with Crippen molar-refractivity contribution in [1.82, 2.24) is 10.2 Å². The van der Waals surface area contributed by atoms with Crippen LogP contribution < -0.4 is 5.32 Å². The first kappa shape index (κ1) is 10.4. The highest BCUT2D eigenvalue weighted by atomic mass is 35.5. The van der Waals surface area contributed by atoms with Gasteiger partial charge < -0.3 is 9.15 Å². The third kappa shape index (κ3) is 2.45. The second-order valence-electron chi connectivity index (χ2n) is 3.13. The Balaban J connectivity index is 2.00. The Morgan fingerprint density at radius 2 is 2.47 bits per heavy atom. The van der Waals surface area contributed by atoms with Gasteiger partial charge in [0.15, 0.2) is 0 Å². The molecule has 1 aliphatic rings. The highest BCUT2D eigenvalue weighted by Crippen LogP contribution is 2.27. The molecule has 7 heteroatoms. The van der Waals surface area contributed by atoms with Crippen LogP contribution in [0, 0.1) is 0 Å². The number of hydrogen-bond donors (Lipinski definition) is 1. The zero-order valence-electron chi connectivity index (χ0n) is 7.90. The molecule has 1 saturated heterocycles. The van der Waals surface area contributed by atoms with Crippen molar-refractivity contribution in [2.75, 3.05) is 17.8 Å². The van der Waals surface area contributed by atoms with Crippen LogP contribution in [0.25, 0.3) is 0 Å². The van der Waals surface area contributed by atoms with E-state index < -0.39 is 0 Å². The van der Waals surface area contributed by atoms with Crippen LogP contribution in [0.2, 0.25) is 0 Å². The van der Waals surface area contributed by atoms with Crippen molar-refractivity contribution in [3.8, 4) is 0 Å². The van der Waals surface area contributed by atoms with E-state index >= 15 is 0 Å². The number of carbonyl (C=O) groups excluding carboxylic acids is 1. The van der Waals surface area contributed by atoms with Crippen molar-refractivity contribution in [2.24, 2.45) is 0 Å². The molecule has 1 atom stereocenters. The molecular formula is C8H10ClN3O3. The van der Waals surface area contributed by atoms with E-state index in [1.54, 1.807) is 0 Å². The van der Waals surface area contributed by atoms with Crippen molar-refractivity contribution in [1.29, 1.82) is 0 Å². The van der Waals surface area contributed by atoms with Gasteiger partial charge in [0.2, 0.25) is 11.8 Å². The molecule has 0 radical (unpaired) electrons. The Morgan fingerprint density at radius 3 is 3.13 bits per heavy atom. The normalized spacial score (nSPS) is 20.5. The molecule has 0 bridgehead atoms. The van der Waals surface area contributed by atoms with Gasteiger partial charge in [-0.25, -0.2) is 0 Å². The summed E-state index contributed by atoms with van der Waals surface area (Å²) in [5.74, 6) is -0.117. The summed E-state index contributed by atoms with van der Waals surface area (Å²) in [6.07, 6.45) is 1.71. The Bertz CT molecular complexity index is 349. The Morgan fingerprint density at radius 1 is 1.60 bits per heavy atom. The highest BCUT2D eigenvalue weighted by Gasteiger charge is 2.23. The molecule has 1 aromatic heterocycles. The minimum atomic E-state index is -0.376. The molecule has 1 aliphatic heterocycles. The predicted molar refractivity (Wildman–Crippen MR) is 51.6 cm³/mol. The number of aromatic nitrogens is 2. The van der Waals surface area contributed by atoms with E-state index in [9.17, 15) is 4.79 Å². The van der Waals surface area contributed by atoms with E-state index in [1.165, 1.54) is 0 Å². The van der Waals surface area contributed by atoms with Gasteiger partial charge in [-0.15, -0.1) is 16.7 Å². The van der Waals surface area contributed by atoms with Gasteiger partial charge in [-0.05, 0) is 12.8 Å². The Kier molecular flexibility index (Phi) is 3.17. The monoisotopic (exact) mass is 231 g/mol. The summed E-state index contributed by atoms with van der Waals surface area (Å²) in [5.41, 5.74) is 0. The zero-order valence-corrected chi connectivity index (χ0v) is 8.66. The number of rotatable bonds is 3. The maximum absolute atomic E-state index is 10.9. The summed E-state index contributed by atoms with van der Waals surface area (Å²) >= 11 is 5.31. The molecule has 0 unspecified atom stereocenters. The standard InChI is InChI=1S/C8H10ClN3O3/c9-4-6(13)10-8-12-11-7(15-8)5-2-1-3-14-5/h5H,1-4H2,(H,10,12,13)/t5-/m1/s1. The number of hydrogen-bond acceptors (Lipinski definition) is 5. The molecule has 2 heterocycles. The minimum absolute atomic E-state index is 0.0613. The molecule has 1 N–H and O–H groups in total. The Hall–Kier alpha value is -1.14. The SMILES string of the molecule is O=C(CCl)Nc1nnc([C@H]2CCCO2)o1. The number of nitrogens with one attached hydrogen (secondary N) is 1. The Labute approximate surface area is 90.9 Å². The van der Waals surface area contributed by atoms with Crippen LogP contribution in [-0.4, -0.2) is 28.6 Å². The lowest BCUT2D eigenvalue weighted by molar-refractivity contribution is -0.114. The van der Waals surface area contributed by atoms with Gasteiger partial charge >= 0.3 is 6.01 Å². The topological polar surface area (TPSA) is 77.2 Å². The number of anilines is 1. The second-order valence-corrected chi connectivity index (χ2v) is 3.40. The molecular weight excluding hydrogens is 222 g/mol. The third-order valence-electron chi connectivity index (χ3n) is 2.01. The van der Waals surface area contributed by atoms with Crippen LogP contribution in [0.4, 0.5) is 6.01 Å². The first-order chi connectivity index (χ1) is 7.29. The minimum Gasteiger partial charge on any atom is -0.405 e. The third-order valence-corrected chi connectivity index (χ3v) is 2.26. The summed E-state index contributed by atoms with van der Waals surface area (Å²) in [6.45, 7) is 0.705. The number of ether oxygens (including phenoxy) is 1. The van der Waals surface area contributed by atoms with Crippen LogP contribution in [-0.2, 0) is 9.53 Å². The average molecular weight is 232 g/mol. The fourth-order valence-electron chi connectivity index (χ4n) is 1.34. The smallest absolute Gasteiger partial charge is 0.322 e. The number of halogens is 1. The fraction of sp³-hybridized carbons (Fsp3) is 0.625. The van der Waals surface area contributed by atoms with Crippen molar-refractivity contribution in [3.05, 3.63) is 5.89 Å². The summed E-state index contributed by atoms with van der Waals surface area (Å²) in [5, 5.41) is 9.82. The lowest BCUT2D eigenvalue weighted by Gasteiger charge is -2.01. The van der Waals surface area contributed by atoms with Crippen molar-refractivity contribution in [3.63, 3.8) is 0 Å². The highest BCUT2D eigenvalue weighted by molar-refractivity contribution is 6.28. The summed E-state index contributed by atoms with van der Waals surface area (Å²) in [6, 6.07) is 0.0613. The average Bonchev–Trinajstić information content (AvgIpc) is 2.85. The molecule has 1 fully saturated rings. The van der Waals surface area contributed by atoms with Crippen LogP contribution in [0.3, 0.4) is 0 Å². The van der Waals surface area contributed by atoms with Crippen molar-refractivity contribution in [2.45, 2.75) is 18.9 Å². The quantitative estimate of drug-likeness (QED) is 0.789. The summed E-state index contributed by atoms with van der Waals surface area (Å²) < 4.78 is 10.6. The molecule has 0 aliphatic carbocycles. The van der Waals surface area contributed by atoms with Gasteiger partial charge in [-0.1, -0.05) is 5.10 Å². The number of carbonyl (C=O) groups is 1. The second kappa shape index (κ2) is 4.59. The number of nitrogens with zero attached hydrogens (tertiary/aromatic N) is 2.